The smallest absolute Gasteiger partial charge is 0.411 e. The van der Waals surface area contributed by atoms with Crippen LogP contribution >= 0.6 is 0 Å². The summed E-state index contributed by atoms with van der Waals surface area (Å²) in [6, 6.07) is 8.55. The molecular weight excluding hydrogens is 413 g/mol. The number of amides is 2. The van der Waals surface area contributed by atoms with Crippen molar-refractivity contribution in [2.75, 3.05) is 30.8 Å². The molecule has 170 valence electrons. The van der Waals surface area contributed by atoms with Gasteiger partial charge in [0, 0.05) is 29.2 Å². The maximum Gasteiger partial charge on any atom is 0.411 e. The molecule has 2 aliphatic heterocycles. The van der Waals surface area contributed by atoms with Crippen molar-refractivity contribution in [2.24, 2.45) is 5.73 Å². The van der Waals surface area contributed by atoms with Gasteiger partial charge in [0.1, 0.15) is 12.2 Å². The molecule has 32 heavy (non-hydrogen) atoms. The molecule has 1 fully saturated rings. The normalized spacial score (nSPS) is 21.2. The number of fused-ring (bicyclic) bond motifs is 4. The number of rotatable bonds is 2. The lowest BCUT2D eigenvalue weighted by molar-refractivity contribution is -0.139. The number of nitrogens with one attached hydrogen (secondary N) is 2. The molecule has 1 aromatic carbocycles. The van der Waals surface area contributed by atoms with Crippen molar-refractivity contribution in [3.8, 4) is 11.1 Å². The molecule has 0 radical (unpaired) electrons. The first kappa shape index (κ1) is 22.0. The molecule has 1 aromatic heterocycles. The number of carbonyl (C=O) groups is 2. The summed E-state index contributed by atoms with van der Waals surface area (Å²) in [5.74, 6) is -0.118. The van der Waals surface area contributed by atoms with Crippen LogP contribution < -0.4 is 16.4 Å². The van der Waals surface area contributed by atoms with E-state index in [0.717, 1.165) is 36.1 Å². The number of pyridine rings is 1. The molecule has 4 N–H and O–H groups in total. The van der Waals surface area contributed by atoms with E-state index in [2.05, 4.69) is 15.6 Å². The Labute approximate surface area is 186 Å². The molecule has 4 rings (SSSR count). The molecular formula is C23H28FN5O3. The number of carbonyl (C=O) groups excluding carboxylic acids is 2. The highest BCUT2D eigenvalue weighted by Crippen LogP contribution is 2.34. The van der Waals surface area contributed by atoms with Gasteiger partial charge in [-0.05, 0) is 42.7 Å². The molecule has 2 amide bonds. The van der Waals surface area contributed by atoms with Gasteiger partial charge in [-0.3, -0.25) is 15.1 Å². The van der Waals surface area contributed by atoms with Gasteiger partial charge >= 0.3 is 6.09 Å². The third-order valence-electron chi connectivity index (χ3n) is 5.96. The second-order valence-corrected chi connectivity index (χ2v) is 8.27. The number of aromatic nitrogens is 1. The minimum Gasteiger partial charge on any atom is -0.453 e. The summed E-state index contributed by atoms with van der Waals surface area (Å²) in [4.78, 5) is 30.8. The highest BCUT2D eigenvalue weighted by atomic mass is 19.1. The third-order valence-corrected chi connectivity index (χ3v) is 5.96. The van der Waals surface area contributed by atoms with Crippen molar-refractivity contribution >= 4 is 23.4 Å². The Morgan fingerprint density at radius 1 is 1.22 bits per heavy atom. The fraction of sp³-hybridized carbons (Fsp3) is 0.435. The van der Waals surface area contributed by atoms with E-state index in [4.69, 9.17) is 10.5 Å². The second-order valence-electron chi connectivity index (χ2n) is 8.27. The zero-order chi connectivity index (χ0) is 22.7. The number of halogens is 1. The van der Waals surface area contributed by atoms with Gasteiger partial charge in [0.2, 0.25) is 5.91 Å². The van der Waals surface area contributed by atoms with E-state index in [0.29, 0.717) is 17.8 Å². The quantitative estimate of drug-likeness (QED) is 0.658. The van der Waals surface area contributed by atoms with Crippen molar-refractivity contribution in [3.05, 3.63) is 42.2 Å². The van der Waals surface area contributed by atoms with Crippen LogP contribution in [-0.2, 0) is 9.53 Å². The summed E-state index contributed by atoms with van der Waals surface area (Å²) < 4.78 is 18.1. The van der Waals surface area contributed by atoms with Crippen LogP contribution in [0.3, 0.4) is 0 Å². The van der Waals surface area contributed by atoms with Crippen LogP contribution in [-0.4, -0.2) is 54.3 Å². The van der Waals surface area contributed by atoms with Gasteiger partial charge in [0.15, 0.2) is 0 Å². The molecule has 2 bridgehead atoms. The first-order valence-corrected chi connectivity index (χ1v) is 10.8. The fourth-order valence-electron chi connectivity index (χ4n) is 4.11. The minimum absolute atomic E-state index is 0.118. The Bertz CT molecular complexity index is 995. The lowest BCUT2D eigenvalue weighted by atomic mass is 9.96. The lowest BCUT2D eigenvalue weighted by Gasteiger charge is -2.37. The third kappa shape index (κ3) is 4.83. The number of likely N-dealkylation sites (tertiary alicyclic amines) is 1. The molecule has 0 unspecified atom stereocenters. The number of methoxy groups -OCH3 is 1. The maximum absolute atomic E-state index is 13.4. The molecule has 0 saturated carbocycles. The van der Waals surface area contributed by atoms with E-state index in [1.165, 1.54) is 7.11 Å². The van der Waals surface area contributed by atoms with Crippen molar-refractivity contribution in [3.63, 3.8) is 0 Å². The summed E-state index contributed by atoms with van der Waals surface area (Å²) >= 11 is 0. The SMILES string of the molecule is COC(=O)Nc1ccc2c(c1)N[C@@H](C(=O)N1CC(F)C1)CCCC[C@H](N)c1cc-2ccn1. The van der Waals surface area contributed by atoms with Crippen molar-refractivity contribution in [1.29, 1.82) is 0 Å². The summed E-state index contributed by atoms with van der Waals surface area (Å²) in [7, 11) is 1.29. The number of hydrogen-bond acceptors (Lipinski definition) is 6. The first-order valence-electron chi connectivity index (χ1n) is 10.8. The summed E-state index contributed by atoms with van der Waals surface area (Å²) in [6.45, 7) is 0.263. The highest BCUT2D eigenvalue weighted by Gasteiger charge is 2.34. The van der Waals surface area contributed by atoms with Gasteiger partial charge in [-0.15, -0.1) is 0 Å². The average molecular weight is 442 g/mol. The van der Waals surface area contributed by atoms with Crippen LogP contribution in [0.5, 0.6) is 0 Å². The van der Waals surface area contributed by atoms with Gasteiger partial charge in [-0.2, -0.15) is 0 Å². The molecule has 2 atom stereocenters. The largest absolute Gasteiger partial charge is 0.453 e. The zero-order valence-corrected chi connectivity index (χ0v) is 18.0. The van der Waals surface area contributed by atoms with E-state index >= 15 is 0 Å². The fourth-order valence-corrected chi connectivity index (χ4v) is 4.11. The van der Waals surface area contributed by atoms with Crippen molar-refractivity contribution in [1.82, 2.24) is 9.88 Å². The Balaban J connectivity index is 1.73. The number of alkyl halides is 1. The van der Waals surface area contributed by atoms with Crippen LogP contribution in [0.2, 0.25) is 0 Å². The van der Waals surface area contributed by atoms with Gasteiger partial charge in [-0.1, -0.05) is 18.9 Å². The maximum atomic E-state index is 13.4. The van der Waals surface area contributed by atoms with Crippen molar-refractivity contribution in [2.45, 2.75) is 43.9 Å². The van der Waals surface area contributed by atoms with Crippen LogP contribution in [0.4, 0.5) is 20.6 Å². The summed E-state index contributed by atoms with van der Waals surface area (Å²) in [6.07, 6.45) is 3.18. The molecule has 0 aliphatic carbocycles. The van der Waals surface area contributed by atoms with Gasteiger partial charge in [0.05, 0.1) is 25.9 Å². The molecule has 8 nitrogen and oxygen atoms in total. The predicted octanol–water partition coefficient (Wildman–Crippen LogP) is 3.46. The van der Waals surface area contributed by atoms with Crippen molar-refractivity contribution < 1.29 is 18.7 Å². The second kappa shape index (κ2) is 9.52. The Kier molecular flexibility index (Phi) is 6.55. The Hall–Kier alpha value is -3.20. The topological polar surface area (TPSA) is 110 Å². The zero-order valence-electron chi connectivity index (χ0n) is 18.0. The summed E-state index contributed by atoms with van der Waals surface area (Å²) in [5, 5.41) is 6.03. The lowest BCUT2D eigenvalue weighted by Crippen LogP contribution is -2.56. The van der Waals surface area contributed by atoms with E-state index in [1.54, 1.807) is 23.2 Å². The number of hydrogen-bond donors (Lipinski definition) is 3. The predicted molar refractivity (Wildman–Crippen MR) is 120 cm³/mol. The Morgan fingerprint density at radius 2 is 2.00 bits per heavy atom. The van der Waals surface area contributed by atoms with E-state index < -0.39 is 18.3 Å². The van der Waals surface area contributed by atoms with Crippen LogP contribution in [0.25, 0.3) is 11.1 Å². The molecule has 3 heterocycles. The number of ether oxygens (including phenoxy) is 1. The number of anilines is 2. The standard InChI is InChI=1S/C23H28FN5O3/c1-32-23(31)27-16-6-7-17-14-8-9-26-21(10-14)18(25)4-2-3-5-19(28-20(17)11-16)22(30)29-12-15(24)13-29/h6-11,15,18-19,28H,2-5,12-13,25H2,1H3,(H,27,31)/t18-,19+/m0/s1. The average Bonchev–Trinajstić information content (AvgIpc) is 2.77. The monoisotopic (exact) mass is 441 g/mol. The van der Waals surface area contributed by atoms with Gasteiger partial charge in [0.25, 0.3) is 0 Å². The Morgan fingerprint density at radius 3 is 2.75 bits per heavy atom. The molecule has 2 aliphatic rings. The van der Waals surface area contributed by atoms with Gasteiger partial charge < -0.3 is 20.7 Å². The number of benzene rings is 1. The van der Waals surface area contributed by atoms with E-state index in [9.17, 15) is 14.0 Å². The number of nitrogens with two attached hydrogens (primary N) is 1. The first-order chi connectivity index (χ1) is 15.4. The minimum atomic E-state index is -0.957. The van der Waals surface area contributed by atoms with Gasteiger partial charge in [-0.25, -0.2) is 9.18 Å². The molecule has 1 saturated heterocycles. The van der Waals surface area contributed by atoms with E-state index in [1.807, 2.05) is 18.2 Å². The molecule has 0 spiro atoms. The van der Waals surface area contributed by atoms with Crippen LogP contribution in [0.1, 0.15) is 37.4 Å². The number of nitrogens with zero attached hydrogens (tertiary/aromatic N) is 2. The van der Waals surface area contributed by atoms with Crippen LogP contribution in [0.15, 0.2) is 36.5 Å². The highest BCUT2D eigenvalue weighted by molar-refractivity contribution is 5.91. The van der Waals surface area contributed by atoms with E-state index in [-0.39, 0.29) is 25.0 Å². The summed E-state index contributed by atoms with van der Waals surface area (Å²) in [5.41, 5.74) is 10.1. The molecule has 9 heteroatoms. The van der Waals surface area contributed by atoms with Crippen LogP contribution in [0, 0.1) is 0 Å². The molecule has 2 aromatic rings.